The number of methoxy groups -OCH3 is 1. The molecule has 1 aliphatic heterocycles. The van der Waals surface area contributed by atoms with Crippen LogP contribution >= 0.6 is 0 Å². The summed E-state index contributed by atoms with van der Waals surface area (Å²) >= 11 is 0. The molecule has 1 aliphatic carbocycles. The van der Waals surface area contributed by atoms with Gasteiger partial charge in [-0.1, -0.05) is 25.1 Å². The summed E-state index contributed by atoms with van der Waals surface area (Å²) < 4.78 is 25.1. The highest BCUT2D eigenvalue weighted by Gasteiger charge is 2.47. The molecule has 0 saturated carbocycles. The quantitative estimate of drug-likeness (QED) is 0.600. The van der Waals surface area contributed by atoms with Crippen molar-refractivity contribution in [3.8, 4) is 0 Å². The Morgan fingerprint density at radius 3 is 2.50 bits per heavy atom. The van der Waals surface area contributed by atoms with Crippen molar-refractivity contribution in [3.63, 3.8) is 0 Å². The number of carbonyl (C=O) groups is 3. The van der Waals surface area contributed by atoms with Gasteiger partial charge < -0.3 is 14.8 Å². The molecule has 0 fully saturated rings. The first-order valence-electron chi connectivity index (χ1n) is 9.95. The molecule has 1 N–H and O–H groups in total. The topological polar surface area (TPSA) is 81.7 Å². The summed E-state index contributed by atoms with van der Waals surface area (Å²) in [5.41, 5.74) is 1.67. The molecule has 0 bridgehead atoms. The Morgan fingerprint density at radius 1 is 1.23 bits per heavy atom. The highest BCUT2D eigenvalue weighted by molar-refractivity contribution is 6.12. The van der Waals surface area contributed by atoms with Crippen LogP contribution in [0, 0.1) is 17.7 Å². The molecule has 0 unspecified atom stereocenters. The van der Waals surface area contributed by atoms with Crippen LogP contribution in [-0.4, -0.2) is 30.9 Å². The second kappa shape index (κ2) is 8.42. The lowest BCUT2D eigenvalue weighted by molar-refractivity contribution is -0.151. The molecule has 2 aliphatic rings. The Hall–Kier alpha value is -2.96. The van der Waals surface area contributed by atoms with Crippen molar-refractivity contribution >= 4 is 17.7 Å². The van der Waals surface area contributed by atoms with E-state index in [0.29, 0.717) is 17.8 Å². The largest absolute Gasteiger partial charge is 0.468 e. The number of carbonyl (C=O) groups excluding carboxylic acids is 3. The Bertz CT molecular complexity index is 962. The van der Waals surface area contributed by atoms with Gasteiger partial charge in [0, 0.05) is 22.5 Å². The summed E-state index contributed by atoms with van der Waals surface area (Å²) in [5, 5.41) is 3.14. The molecule has 0 radical (unpaired) electrons. The number of allylic oxidation sites excluding steroid dienone is 3. The number of dihydropyridines is 1. The Labute approximate surface area is 175 Å². The maximum absolute atomic E-state index is 14.9. The summed E-state index contributed by atoms with van der Waals surface area (Å²) in [6.45, 7) is 6.93. The zero-order valence-electron chi connectivity index (χ0n) is 17.7. The highest BCUT2D eigenvalue weighted by Crippen LogP contribution is 2.46. The maximum Gasteiger partial charge on any atom is 0.337 e. The van der Waals surface area contributed by atoms with E-state index in [1.165, 1.54) is 13.2 Å². The maximum atomic E-state index is 14.9. The van der Waals surface area contributed by atoms with Crippen LogP contribution in [0.3, 0.4) is 0 Å². The molecule has 6 nitrogen and oxygen atoms in total. The van der Waals surface area contributed by atoms with Crippen LogP contribution in [0.2, 0.25) is 0 Å². The summed E-state index contributed by atoms with van der Waals surface area (Å²) in [5.74, 6) is -4.54. The minimum Gasteiger partial charge on any atom is -0.468 e. The fourth-order valence-electron chi connectivity index (χ4n) is 4.25. The normalized spacial score (nSPS) is 23.8. The molecule has 160 valence electrons. The smallest absolute Gasteiger partial charge is 0.337 e. The van der Waals surface area contributed by atoms with Crippen molar-refractivity contribution in [2.24, 2.45) is 11.8 Å². The van der Waals surface area contributed by atoms with Crippen molar-refractivity contribution in [2.45, 2.75) is 46.1 Å². The molecule has 1 heterocycles. The summed E-state index contributed by atoms with van der Waals surface area (Å²) in [4.78, 5) is 38.8. The third kappa shape index (κ3) is 3.76. The minimum atomic E-state index is -1.01. The predicted molar refractivity (Wildman–Crippen MR) is 108 cm³/mol. The number of hydrogen-bond acceptors (Lipinski definition) is 6. The van der Waals surface area contributed by atoms with E-state index < -0.39 is 35.4 Å². The van der Waals surface area contributed by atoms with Crippen LogP contribution < -0.4 is 5.32 Å². The molecule has 30 heavy (non-hydrogen) atoms. The van der Waals surface area contributed by atoms with Crippen molar-refractivity contribution in [1.29, 1.82) is 0 Å². The average molecular weight is 415 g/mol. The van der Waals surface area contributed by atoms with Gasteiger partial charge in [-0.15, -0.1) is 0 Å². The van der Waals surface area contributed by atoms with Crippen molar-refractivity contribution in [2.75, 3.05) is 7.11 Å². The van der Waals surface area contributed by atoms with Gasteiger partial charge in [0.1, 0.15) is 11.7 Å². The fraction of sp³-hybridized carbons (Fsp3) is 0.435. The first-order chi connectivity index (χ1) is 14.2. The molecule has 7 heteroatoms. The van der Waals surface area contributed by atoms with Crippen LogP contribution in [-0.2, 0) is 23.9 Å². The van der Waals surface area contributed by atoms with Gasteiger partial charge in [0.25, 0.3) is 0 Å². The monoisotopic (exact) mass is 415 g/mol. The SMILES string of the molecule is COC(=O)[C@H]1C(=O)C2=C(C[C@H]1C)NC(C)=C(C(=O)OC(C)C)[C@H]2c1ccccc1F. The van der Waals surface area contributed by atoms with Gasteiger partial charge in [0.15, 0.2) is 5.78 Å². The Morgan fingerprint density at radius 2 is 1.90 bits per heavy atom. The number of Topliss-reactive ketones (excluding diaryl/α,β-unsaturated/α-hetero) is 1. The van der Waals surface area contributed by atoms with Gasteiger partial charge >= 0.3 is 11.9 Å². The molecule has 1 aromatic carbocycles. The molecule has 0 spiro atoms. The molecule has 0 amide bonds. The predicted octanol–water partition coefficient (Wildman–Crippen LogP) is 3.39. The van der Waals surface area contributed by atoms with E-state index in [2.05, 4.69) is 5.32 Å². The number of esters is 2. The third-order valence-corrected chi connectivity index (χ3v) is 5.52. The van der Waals surface area contributed by atoms with E-state index in [1.54, 1.807) is 45.9 Å². The van der Waals surface area contributed by atoms with Crippen molar-refractivity contribution in [1.82, 2.24) is 5.32 Å². The molecule has 0 aromatic heterocycles. The van der Waals surface area contributed by atoms with E-state index >= 15 is 0 Å². The standard InChI is InChI=1S/C23H26FNO5/c1-11(2)30-23(28)18-13(4)25-16-10-12(3)17(22(27)29-5)21(26)20(16)19(18)14-8-6-7-9-15(14)24/h6-9,11-12,17,19,25H,10H2,1-5H3/t12-,17-,19-/m1/s1. The first-order valence-corrected chi connectivity index (χ1v) is 9.95. The lowest BCUT2D eigenvalue weighted by Crippen LogP contribution is -2.43. The summed E-state index contributed by atoms with van der Waals surface area (Å²) in [6.07, 6.45) is 0.00896. The molecule has 0 saturated heterocycles. The van der Waals surface area contributed by atoms with Gasteiger partial charge in [-0.3, -0.25) is 9.59 Å². The zero-order valence-corrected chi connectivity index (χ0v) is 17.7. The number of nitrogens with one attached hydrogen (secondary N) is 1. The van der Waals surface area contributed by atoms with Gasteiger partial charge in [0.05, 0.1) is 24.7 Å². The number of halogens is 1. The third-order valence-electron chi connectivity index (χ3n) is 5.52. The second-order valence-electron chi connectivity index (χ2n) is 8.01. The van der Waals surface area contributed by atoms with Crippen LogP contribution in [0.4, 0.5) is 4.39 Å². The fourth-order valence-corrected chi connectivity index (χ4v) is 4.25. The number of rotatable bonds is 4. The van der Waals surface area contributed by atoms with Crippen LogP contribution in [0.15, 0.2) is 46.8 Å². The van der Waals surface area contributed by atoms with E-state index in [0.717, 1.165) is 0 Å². The first kappa shape index (κ1) is 21.7. The molecule has 1 aromatic rings. The van der Waals surface area contributed by atoms with Crippen LogP contribution in [0.1, 0.15) is 45.6 Å². The molecule has 3 atom stereocenters. The average Bonchev–Trinajstić information content (AvgIpc) is 2.66. The molecular weight excluding hydrogens is 389 g/mol. The van der Waals surface area contributed by atoms with E-state index in [1.807, 2.05) is 0 Å². The van der Waals surface area contributed by atoms with E-state index in [-0.39, 0.29) is 28.7 Å². The molecule has 3 rings (SSSR count). The van der Waals surface area contributed by atoms with Gasteiger partial charge in [0.2, 0.25) is 0 Å². The zero-order chi connectivity index (χ0) is 22.2. The lowest BCUT2D eigenvalue weighted by Gasteiger charge is -2.38. The lowest BCUT2D eigenvalue weighted by atomic mass is 9.69. The summed E-state index contributed by atoms with van der Waals surface area (Å²) in [7, 11) is 1.23. The van der Waals surface area contributed by atoms with Crippen LogP contribution in [0.25, 0.3) is 0 Å². The van der Waals surface area contributed by atoms with Gasteiger partial charge in [-0.2, -0.15) is 0 Å². The van der Waals surface area contributed by atoms with Crippen molar-refractivity contribution in [3.05, 3.63) is 58.2 Å². The van der Waals surface area contributed by atoms with Crippen LogP contribution in [0.5, 0.6) is 0 Å². The number of ether oxygens (including phenoxy) is 2. The highest BCUT2D eigenvalue weighted by atomic mass is 19.1. The van der Waals surface area contributed by atoms with Gasteiger partial charge in [-0.25, -0.2) is 9.18 Å². The van der Waals surface area contributed by atoms with Crippen molar-refractivity contribution < 1.29 is 28.2 Å². The number of ketones is 1. The van der Waals surface area contributed by atoms with E-state index in [9.17, 15) is 18.8 Å². The van der Waals surface area contributed by atoms with Gasteiger partial charge in [-0.05, 0) is 39.2 Å². The Kier molecular flexibility index (Phi) is 6.10. The minimum absolute atomic E-state index is 0.166. The summed E-state index contributed by atoms with van der Waals surface area (Å²) in [6, 6.07) is 6.02. The number of hydrogen-bond donors (Lipinski definition) is 1. The molecular formula is C23H26FNO5. The number of benzene rings is 1. The Balaban J connectivity index is 2.21. The van der Waals surface area contributed by atoms with E-state index in [4.69, 9.17) is 9.47 Å². The second-order valence-corrected chi connectivity index (χ2v) is 8.01.